The lowest BCUT2D eigenvalue weighted by Gasteiger charge is -2.17. The van der Waals surface area contributed by atoms with Crippen molar-refractivity contribution in [3.8, 4) is 0 Å². The number of ether oxygens (including phenoxy) is 1. The van der Waals surface area contributed by atoms with Crippen molar-refractivity contribution in [2.45, 2.75) is 39.2 Å². The van der Waals surface area contributed by atoms with Gasteiger partial charge in [0.05, 0.1) is 6.10 Å². The van der Waals surface area contributed by atoms with Crippen LogP contribution in [0.15, 0.2) is 23.2 Å². The highest BCUT2D eigenvalue weighted by Gasteiger charge is 2.16. The van der Waals surface area contributed by atoms with E-state index in [4.69, 9.17) is 4.74 Å². The van der Waals surface area contributed by atoms with Crippen molar-refractivity contribution in [1.29, 1.82) is 0 Å². The summed E-state index contributed by atoms with van der Waals surface area (Å²) in [4.78, 5) is 17.8. The molecular formula is C20H33IN4O2. The number of rotatable bonds is 7. The van der Waals surface area contributed by atoms with Crippen LogP contribution < -0.4 is 10.6 Å². The zero-order chi connectivity index (χ0) is 18.9. The maximum Gasteiger partial charge on any atom is 0.243 e. The van der Waals surface area contributed by atoms with E-state index in [-0.39, 0.29) is 42.5 Å². The number of guanidine groups is 1. The number of benzene rings is 1. The van der Waals surface area contributed by atoms with Crippen LogP contribution in [-0.4, -0.2) is 63.2 Å². The maximum absolute atomic E-state index is 11.8. The van der Waals surface area contributed by atoms with E-state index >= 15 is 0 Å². The first kappa shape index (κ1) is 23.7. The summed E-state index contributed by atoms with van der Waals surface area (Å²) in [6, 6.07) is 6.37. The number of aryl methyl sites for hydroxylation is 2. The third kappa shape index (κ3) is 8.04. The third-order valence-electron chi connectivity index (χ3n) is 4.70. The highest BCUT2D eigenvalue weighted by Crippen LogP contribution is 2.13. The lowest BCUT2D eigenvalue weighted by Crippen LogP contribution is -2.42. The molecule has 0 radical (unpaired) electrons. The minimum Gasteiger partial charge on any atom is -0.376 e. The fourth-order valence-corrected chi connectivity index (χ4v) is 3.03. The molecule has 152 valence electrons. The predicted octanol–water partition coefficient (Wildman–Crippen LogP) is 2.27. The van der Waals surface area contributed by atoms with Crippen LogP contribution in [-0.2, 0) is 16.0 Å². The molecular weight excluding hydrogens is 455 g/mol. The molecule has 1 amide bonds. The average Bonchev–Trinajstić information content (AvgIpc) is 3.12. The van der Waals surface area contributed by atoms with Crippen LogP contribution in [0.1, 0.15) is 29.5 Å². The number of carbonyl (C=O) groups excluding carboxylic acids is 1. The van der Waals surface area contributed by atoms with Crippen LogP contribution in [0.4, 0.5) is 0 Å². The van der Waals surface area contributed by atoms with E-state index in [1.54, 1.807) is 19.0 Å². The second-order valence-electron chi connectivity index (χ2n) is 7.02. The zero-order valence-electron chi connectivity index (χ0n) is 16.9. The van der Waals surface area contributed by atoms with Crippen LogP contribution in [0.5, 0.6) is 0 Å². The van der Waals surface area contributed by atoms with E-state index in [9.17, 15) is 4.79 Å². The van der Waals surface area contributed by atoms with E-state index in [0.717, 1.165) is 32.4 Å². The molecule has 27 heavy (non-hydrogen) atoms. The number of nitrogens with zero attached hydrogens (tertiary/aromatic N) is 2. The van der Waals surface area contributed by atoms with Gasteiger partial charge in [-0.1, -0.05) is 18.2 Å². The van der Waals surface area contributed by atoms with E-state index in [0.29, 0.717) is 12.5 Å². The molecule has 0 spiro atoms. The Bertz CT molecular complexity index is 608. The summed E-state index contributed by atoms with van der Waals surface area (Å²) >= 11 is 0. The fraction of sp³-hybridized carbons (Fsp3) is 0.600. The Kier molecular flexibility index (Phi) is 10.7. The second kappa shape index (κ2) is 12.2. The number of likely N-dealkylation sites (N-methyl/N-ethyl adjacent to an activating group) is 1. The molecule has 1 aliphatic rings. The van der Waals surface area contributed by atoms with Gasteiger partial charge in [0.25, 0.3) is 0 Å². The molecule has 1 aliphatic heterocycles. The van der Waals surface area contributed by atoms with Gasteiger partial charge in [0, 0.05) is 33.8 Å². The number of hydrogen-bond acceptors (Lipinski definition) is 3. The van der Waals surface area contributed by atoms with E-state index < -0.39 is 0 Å². The molecule has 2 rings (SSSR count). The average molecular weight is 488 g/mol. The number of halogens is 1. The van der Waals surface area contributed by atoms with Crippen LogP contribution in [0.2, 0.25) is 0 Å². The first-order chi connectivity index (χ1) is 12.5. The van der Waals surface area contributed by atoms with Crippen LogP contribution in [0, 0.1) is 13.8 Å². The summed E-state index contributed by atoms with van der Waals surface area (Å²) in [6.45, 7) is 6.73. The zero-order valence-corrected chi connectivity index (χ0v) is 19.2. The Morgan fingerprint density at radius 2 is 1.96 bits per heavy atom. The summed E-state index contributed by atoms with van der Waals surface area (Å²) in [6.07, 6.45) is 3.32. The predicted molar refractivity (Wildman–Crippen MR) is 121 cm³/mol. The van der Waals surface area contributed by atoms with Crippen LogP contribution >= 0.6 is 24.0 Å². The normalized spacial score (nSPS) is 16.6. The van der Waals surface area contributed by atoms with Crippen molar-refractivity contribution >= 4 is 35.8 Å². The number of aliphatic imine (C=N–C) groups is 1. The van der Waals surface area contributed by atoms with Gasteiger partial charge in [-0.05, 0) is 49.8 Å². The van der Waals surface area contributed by atoms with Crippen molar-refractivity contribution in [2.24, 2.45) is 4.99 Å². The lowest BCUT2D eigenvalue weighted by atomic mass is 10.0. The Hall–Kier alpha value is -1.35. The standard InChI is InChI=1S/C20H32N4O2.HI/c1-15-7-5-8-16(2)18(15)10-11-21-20(23-14-19(25)24(3)4)22-13-17-9-6-12-26-17;/h5,7-8,17H,6,9-14H2,1-4H3,(H2,21,22,23);1H. The van der Waals surface area contributed by atoms with Gasteiger partial charge < -0.3 is 20.3 Å². The third-order valence-corrected chi connectivity index (χ3v) is 4.70. The number of amides is 1. The Balaban J connectivity index is 0.00000364. The molecule has 2 N–H and O–H groups in total. The van der Waals surface area contributed by atoms with E-state index in [1.807, 2.05) is 0 Å². The van der Waals surface area contributed by atoms with Gasteiger partial charge in [-0.2, -0.15) is 0 Å². The van der Waals surface area contributed by atoms with Crippen molar-refractivity contribution < 1.29 is 9.53 Å². The summed E-state index contributed by atoms with van der Waals surface area (Å²) in [5, 5.41) is 6.67. The topological polar surface area (TPSA) is 66.0 Å². The molecule has 0 aliphatic carbocycles. The number of hydrogen-bond donors (Lipinski definition) is 2. The second-order valence-corrected chi connectivity index (χ2v) is 7.02. The molecule has 1 aromatic rings. The molecule has 7 heteroatoms. The Morgan fingerprint density at radius 3 is 2.56 bits per heavy atom. The minimum atomic E-state index is -0.0158. The van der Waals surface area contributed by atoms with E-state index in [2.05, 4.69) is 47.7 Å². The van der Waals surface area contributed by atoms with Gasteiger partial charge >= 0.3 is 0 Å². The summed E-state index contributed by atoms with van der Waals surface area (Å²) < 4.78 is 5.65. The van der Waals surface area contributed by atoms with Gasteiger partial charge in [-0.15, -0.1) is 24.0 Å². The van der Waals surface area contributed by atoms with E-state index in [1.165, 1.54) is 16.7 Å². The molecule has 1 aromatic carbocycles. The monoisotopic (exact) mass is 488 g/mol. The molecule has 0 saturated carbocycles. The number of carbonyl (C=O) groups is 1. The highest BCUT2D eigenvalue weighted by atomic mass is 127. The molecule has 1 fully saturated rings. The smallest absolute Gasteiger partial charge is 0.243 e. The Morgan fingerprint density at radius 1 is 1.26 bits per heavy atom. The molecule has 1 atom stereocenters. The van der Waals surface area contributed by atoms with Gasteiger partial charge in [-0.25, -0.2) is 4.99 Å². The first-order valence-corrected chi connectivity index (χ1v) is 9.36. The SMILES string of the molecule is Cc1cccc(C)c1CCNC(=NCC(=O)N(C)C)NCC1CCCO1.I. The van der Waals surface area contributed by atoms with Crippen molar-refractivity contribution in [1.82, 2.24) is 15.5 Å². The highest BCUT2D eigenvalue weighted by molar-refractivity contribution is 14.0. The summed E-state index contributed by atoms with van der Waals surface area (Å²) in [7, 11) is 3.48. The van der Waals surface area contributed by atoms with Gasteiger partial charge in [0.2, 0.25) is 5.91 Å². The van der Waals surface area contributed by atoms with Crippen LogP contribution in [0.3, 0.4) is 0 Å². The maximum atomic E-state index is 11.8. The molecule has 1 saturated heterocycles. The fourth-order valence-electron chi connectivity index (χ4n) is 3.03. The minimum absolute atomic E-state index is 0. The first-order valence-electron chi connectivity index (χ1n) is 9.36. The summed E-state index contributed by atoms with van der Waals surface area (Å²) in [5.41, 5.74) is 3.98. The molecule has 0 aromatic heterocycles. The molecule has 0 bridgehead atoms. The van der Waals surface area contributed by atoms with Crippen molar-refractivity contribution in [2.75, 3.05) is 40.3 Å². The Labute approximate surface area is 180 Å². The van der Waals surface area contributed by atoms with Crippen molar-refractivity contribution in [3.05, 3.63) is 34.9 Å². The molecule has 6 nitrogen and oxygen atoms in total. The van der Waals surface area contributed by atoms with Crippen LogP contribution in [0.25, 0.3) is 0 Å². The molecule has 1 heterocycles. The van der Waals surface area contributed by atoms with Crippen molar-refractivity contribution in [3.63, 3.8) is 0 Å². The lowest BCUT2D eigenvalue weighted by molar-refractivity contribution is -0.127. The summed E-state index contributed by atoms with van der Waals surface area (Å²) in [5.74, 6) is 0.653. The quantitative estimate of drug-likeness (QED) is 0.351. The van der Waals surface area contributed by atoms with Gasteiger partial charge in [-0.3, -0.25) is 4.79 Å². The largest absolute Gasteiger partial charge is 0.376 e. The number of nitrogens with one attached hydrogen (secondary N) is 2. The molecule has 1 unspecified atom stereocenters. The van der Waals surface area contributed by atoms with Gasteiger partial charge in [0.1, 0.15) is 6.54 Å². The van der Waals surface area contributed by atoms with Gasteiger partial charge in [0.15, 0.2) is 5.96 Å².